The Morgan fingerprint density at radius 2 is 1.81 bits per heavy atom. The topological polar surface area (TPSA) is 77.7 Å². The Kier molecular flexibility index (Phi) is 5.13. The zero-order valence-corrected chi connectivity index (χ0v) is 17.3. The Labute approximate surface area is 182 Å². The highest BCUT2D eigenvalue weighted by molar-refractivity contribution is 6.30. The molecule has 1 aliphatic heterocycles. The van der Waals surface area contributed by atoms with Gasteiger partial charge in [-0.3, -0.25) is 14.8 Å². The van der Waals surface area contributed by atoms with Crippen LogP contribution in [0.4, 0.5) is 4.39 Å². The summed E-state index contributed by atoms with van der Waals surface area (Å²) in [6.07, 6.45) is 2.46. The zero-order chi connectivity index (χ0) is 21.4. The molecule has 0 unspecified atom stereocenters. The lowest BCUT2D eigenvalue weighted by molar-refractivity contribution is 0.242. The van der Waals surface area contributed by atoms with Gasteiger partial charge in [-0.2, -0.15) is 5.10 Å². The van der Waals surface area contributed by atoms with Crippen molar-refractivity contribution in [1.82, 2.24) is 25.1 Å². The highest BCUT2D eigenvalue weighted by Crippen LogP contribution is 2.25. The summed E-state index contributed by atoms with van der Waals surface area (Å²) in [7, 11) is 0. The molecule has 0 aliphatic carbocycles. The first kappa shape index (κ1) is 19.7. The predicted molar refractivity (Wildman–Crippen MR) is 117 cm³/mol. The van der Waals surface area contributed by atoms with Crippen molar-refractivity contribution in [3.63, 3.8) is 0 Å². The van der Waals surface area contributed by atoms with Crippen molar-refractivity contribution in [2.24, 2.45) is 0 Å². The van der Waals surface area contributed by atoms with Crippen LogP contribution in [-0.4, -0.2) is 31.6 Å². The largest absolute Gasteiger partial charge is 0.306 e. The van der Waals surface area contributed by atoms with E-state index in [9.17, 15) is 9.18 Å². The molecular formula is C23H19ClFN5O. The van der Waals surface area contributed by atoms with Gasteiger partial charge in [0, 0.05) is 47.8 Å². The van der Waals surface area contributed by atoms with Crippen molar-refractivity contribution in [2.75, 3.05) is 6.54 Å². The number of aromatic amines is 2. The summed E-state index contributed by atoms with van der Waals surface area (Å²) >= 11 is 5.96. The number of aromatic nitrogens is 4. The molecule has 0 radical (unpaired) electrons. The molecular weight excluding hydrogens is 417 g/mol. The molecule has 0 atom stereocenters. The van der Waals surface area contributed by atoms with E-state index < -0.39 is 0 Å². The first-order valence-corrected chi connectivity index (χ1v) is 10.3. The van der Waals surface area contributed by atoms with Crippen molar-refractivity contribution in [1.29, 1.82) is 0 Å². The fourth-order valence-corrected chi connectivity index (χ4v) is 4.02. The average molecular weight is 436 g/mol. The van der Waals surface area contributed by atoms with Crippen LogP contribution in [0.25, 0.3) is 22.6 Å². The molecule has 0 saturated carbocycles. The highest BCUT2D eigenvalue weighted by atomic mass is 35.5. The zero-order valence-electron chi connectivity index (χ0n) is 16.5. The summed E-state index contributed by atoms with van der Waals surface area (Å²) in [6.45, 7) is 1.91. The minimum Gasteiger partial charge on any atom is -0.306 e. The molecule has 0 fully saturated rings. The first-order chi connectivity index (χ1) is 15.1. The van der Waals surface area contributed by atoms with Gasteiger partial charge in [-0.15, -0.1) is 0 Å². The van der Waals surface area contributed by atoms with Gasteiger partial charge in [-0.05, 0) is 48.5 Å². The monoisotopic (exact) mass is 435 g/mol. The summed E-state index contributed by atoms with van der Waals surface area (Å²) in [4.78, 5) is 22.6. The van der Waals surface area contributed by atoms with Crippen LogP contribution in [0.2, 0.25) is 5.02 Å². The quantitative estimate of drug-likeness (QED) is 0.504. The van der Waals surface area contributed by atoms with Crippen molar-refractivity contribution >= 4 is 11.6 Å². The maximum absolute atomic E-state index is 13.3. The van der Waals surface area contributed by atoms with E-state index in [0.717, 1.165) is 34.6 Å². The van der Waals surface area contributed by atoms with Crippen LogP contribution in [0.15, 0.2) is 59.5 Å². The molecule has 5 rings (SSSR count). The van der Waals surface area contributed by atoms with E-state index in [0.29, 0.717) is 35.9 Å². The lowest BCUT2D eigenvalue weighted by Crippen LogP contribution is -2.35. The van der Waals surface area contributed by atoms with Gasteiger partial charge < -0.3 is 4.98 Å². The molecule has 2 aromatic heterocycles. The van der Waals surface area contributed by atoms with Crippen molar-refractivity contribution in [3.8, 4) is 22.6 Å². The van der Waals surface area contributed by atoms with Crippen LogP contribution in [0, 0.1) is 5.82 Å². The summed E-state index contributed by atoms with van der Waals surface area (Å²) in [6, 6.07) is 13.6. The van der Waals surface area contributed by atoms with Crippen LogP contribution in [0.1, 0.15) is 16.8 Å². The van der Waals surface area contributed by atoms with Crippen LogP contribution < -0.4 is 5.56 Å². The molecule has 0 bridgehead atoms. The van der Waals surface area contributed by atoms with Gasteiger partial charge in [0.05, 0.1) is 23.1 Å². The molecule has 0 saturated heterocycles. The third-order valence-electron chi connectivity index (χ3n) is 5.51. The average Bonchev–Trinajstić information content (AvgIpc) is 3.23. The lowest BCUT2D eigenvalue weighted by atomic mass is 10.0. The summed E-state index contributed by atoms with van der Waals surface area (Å²) in [5.74, 6) is 0.282. The number of nitrogens with one attached hydrogen (secondary N) is 2. The second-order valence-electron chi connectivity index (χ2n) is 7.58. The van der Waals surface area contributed by atoms with Crippen molar-refractivity contribution in [2.45, 2.75) is 19.5 Å². The molecule has 3 heterocycles. The fraction of sp³-hybridized carbons (Fsp3) is 0.174. The van der Waals surface area contributed by atoms with Gasteiger partial charge in [0.25, 0.3) is 5.56 Å². The van der Waals surface area contributed by atoms with E-state index in [-0.39, 0.29) is 11.4 Å². The number of fused-ring (bicyclic) bond motifs is 1. The van der Waals surface area contributed by atoms with Crippen LogP contribution in [0.3, 0.4) is 0 Å². The van der Waals surface area contributed by atoms with Crippen LogP contribution in [-0.2, 0) is 19.5 Å². The number of halogens is 2. The fourth-order valence-electron chi connectivity index (χ4n) is 3.90. The third-order valence-corrected chi connectivity index (χ3v) is 5.76. The van der Waals surface area contributed by atoms with E-state index in [2.05, 4.69) is 20.1 Å². The van der Waals surface area contributed by atoms with E-state index >= 15 is 0 Å². The van der Waals surface area contributed by atoms with Gasteiger partial charge in [0.2, 0.25) is 0 Å². The number of H-pyrrole nitrogens is 2. The lowest BCUT2D eigenvalue weighted by Gasteiger charge is -2.27. The number of benzene rings is 2. The highest BCUT2D eigenvalue weighted by Gasteiger charge is 2.23. The van der Waals surface area contributed by atoms with Crippen LogP contribution >= 0.6 is 11.6 Å². The van der Waals surface area contributed by atoms with Crippen LogP contribution in [0.5, 0.6) is 0 Å². The van der Waals surface area contributed by atoms with Gasteiger partial charge in [-0.1, -0.05) is 11.6 Å². The summed E-state index contributed by atoms with van der Waals surface area (Å²) in [5, 5.41) is 7.80. The van der Waals surface area contributed by atoms with Gasteiger partial charge in [0.15, 0.2) is 0 Å². The number of hydrogen-bond acceptors (Lipinski definition) is 4. The molecule has 31 heavy (non-hydrogen) atoms. The molecule has 8 heteroatoms. The van der Waals surface area contributed by atoms with Crippen molar-refractivity contribution in [3.05, 3.63) is 92.7 Å². The van der Waals surface area contributed by atoms with E-state index in [1.54, 1.807) is 30.5 Å². The maximum Gasteiger partial charge on any atom is 0.255 e. The third kappa shape index (κ3) is 4.02. The smallest absolute Gasteiger partial charge is 0.255 e. The molecule has 156 valence electrons. The Morgan fingerprint density at radius 1 is 1.06 bits per heavy atom. The normalized spacial score (nSPS) is 13.9. The maximum atomic E-state index is 13.3. The Hall–Kier alpha value is -3.29. The number of hydrogen-bond donors (Lipinski definition) is 2. The molecule has 1 aliphatic rings. The first-order valence-electron chi connectivity index (χ1n) is 9.95. The van der Waals surface area contributed by atoms with E-state index in [1.165, 1.54) is 12.1 Å². The number of rotatable bonds is 4. The van der Waals surface area contributed by atoms with Gasteiger partial charge in [0.1, 0.15) is 11.6 Å². The minimum atomic E-state index is -0.276. The van der Waals surface area contributed by atoms with Gasteiger partial charge >= 0.3 is 0 Å². The molecule has 4 aromatic rings. The van der Waals surface area contributed by atoms with E-state index in [1.807, 2.05) is 12.1 Å². The standard InChI is InChI=1S/C23H19ClFN5O/c24-17-5-1-15(2-6-17)22-27-20-9-10-30(13-19(20)23(31)28-22)12-16-11-26-29-21(16)14-3-7-18(25)8-4-14/h1-8,11H,9-10,12-13H2,(H,26,29)(H,27,28,31). The Balaban J connectivity index is 1.37. The second kappa shape index (κ2) is 8.09. The molecule has 2 N–H and O–H groups in total. The number of nitrogens with zero attached hydrogens (tertiary/aromatic N) is 3. The summed E-state index contributed by atoms with van der Waals surface area (Å²) in [5.41, 5.74) is 4.96. The summed E-state index contributed by atoms with van der Waals surface area (Å²) < 4.78 is 13.3. The SMILES string of the molecule is O=c1[nH]c(-c2ccc(Cl)cc2)nc2c1CN(Cc1cn[nH]c1-c1ccc(F)cc1)CC2. The molecule has 2 aromatic carbocycles. The Bertz CT molecular complexity index is 1280. The van der Waals surface area contributed by atoms with E-state index in [4.69, 9.17) is 16.6 Å². The van der Waals surface area contributed by atoms with Crippen molar-refractivity contribution < 1.29 is 4.39 Å². The second-order valence-corrected chi connectivity index (χ2v) is 8.02. The molecule has 0 spiro atoms. The molecule has 6 nitrogen and oxygen atoms in total. The van der Waals surface area contributed by atoms with Gasteiger partial charge in [-0.25, -0.2) is 9.37 Å². The minimum absolute atomic E-state index is 0.120. The predicted octanol–water partition coefficient (Wildman–Crippen LogP) is 4.18. The molecule has 0 amide bonds. The Morgan fingerprint density at radius 3 is 2.58 bits per heavy atom.